The fourth-order valence-electron chi connectivity index (χ4n) is 3.05. The number of benzene rings is 1. The second-order valence-electron chi connectivity index (χ2n) is 6.11. The van der Waals surface area contributed by atoms with Gasteiger partial charge in [-0.15, -0.1) is 0 Å². The molecule has 0 radical (unpaired) electrons. The summed E-state index contributed by atoms with van der Waals surface area (Å²) in [5.74, 6) is 0.780. The SMILES string of the molecule is CCCC1=CC(CC)(NCC)N=C(Nc2ccc3cn[nH]c3c2)N1. The summed E-state index contributed by atoms with van der Waals surface area (Å²) in [7, 11) is 0. The lowest BCUT2D eigenvalue weighted by Gasteiger charge is -2.33. The molecule has 2 aromatic rings. The minimum Gasteiger partial charge on any atom is -0.330 e. The fraction of sp³-hybridized carbons (Fsp3) is 0.444. The largest absolute Gasteiger partial charge is 0.330 e. The molecule has 0 fully saturated rings. The number of aromatic nitrogens is 2. The summed E-state index contributed by atoms with van der Waals surface area (Å²) in [6, 6.07) is 6.14. The Morgan fingerprint density at radius 3 is 2.83 bits per heavy atom. The molecule has 6 heteroatoms. The van der Waals surface area contributed by atoms with Gasteiger partial charge in [-0.1, -0.05) is 27.2 Å². The number of allylic oxidation sites excluding steroid dienone is 1. The number of hydrogen-bond acceptors (Lipinski definition) is 5. The maximum Gasteiger partial charge on any atom is 0.202 e. The minimum atomic E-state index is -0.342. The summed E-state index contributed by atoms with van der Waals surface area (Å²) < 4.78 is 0. The monoisotopic (exact) mass is 326 g/mol. The van der Waals surface area contributed by atoms with Crippen LogP contribution in [0.25, 0.3) is 10.9 Å². The van der Waals surface area contributed by atoms with Crippen molar-refractivity contribution in [2.45, 2.75) is 45.7 Å². The lowest BCUT2D eigenvalue weighted by Crippen LogP contribution is -2.48. The Morgan fingerprint density at radius 1 is 1.21 bits per heavy atom. The second kappa shape index (κ2) is 7.05. The second-order valence-corrected chi connectivity index (χ2v) is 6.11. The van der Waals surface area contributed by atoms with Crippen molar-refractivity contribution in [2.24, 2.45) is 4.99 Å². The Labute approximate surface area is 142 Å². The van der Waals surface area contributed by atoms with E-state index in [0.29, 0.717) is 0 Å². The highest BCUT2D eigenvalue weighted by molar-refractivity contribution is 5.97. The summed E-state index contributed by atoms with van der Waals surface area (Å²) in [5.41, 5.74) is 2.86. The summed E-state index contributed by atoms with van der Waals surface area (Å²) in [5, 5.41) is 18.5. The first-order chi connectivity index (χ1) is 11.7. The van der Waals surface area contributed by atoms with Crippen LogP contribution in [-0.4, -0.2) is 28.4 Å². The Hall–Kier alpha value is -2.34. The van der Waals surface area contributed by atoms with E-state index in [2.05, 4.69) is 53.0 Å². The molecule has 0 bridgehead atoms. The van der Waals surface area contributed by atoms with E-state index in [9.17, 15) is 0 Å². The van der Waals surface area contributed by atoms with Crippen LogP contribution in [0.1, 0.15) is 40.0 Å². The molecular weight excluding hydrogens is 300 g/mol. The lowest BCUT2D eigenvalue weighted by atomic mass is 10.0. The number of fused-ring (bicyclic) bond motifs is 1. The highest BCUT2D eigenvalue weighted by Crippen LogP contribution is 2.23. The van der Waals surface area contributed by atoms with E-state index in [4.69, 9.17) is 4.99 Å². The van der Waals surface area contributed by atoms with Crippen molar-refractivity contribution in [3.05, 3.63) is 36.2 Å². The van der Waals surface area contributed by atoms with Gasteiger partial charge in [0.05, 0.1) is 11.7 Å². The van der Waals surface area contributed by atoms with Gasteiger partial charge >= 0.3 is 0 Å². The average molecular weight is 326 g/mol. The van der Waals surface area contributed by atoms with Crippen LogP contribution >= 0.6 is 0 Å². The molecule has 0 aliphatic carbocycles. The molecule has 6 nitrogen and oxygen atoms in total. The van der Waals surface area contributed by atoms with Crippen molar-refractivity contribution in [2.75, 3.05) is 11.9 Å². The molecule has 0 saturated heterocycles. The van der Waals surface area contributed by atoms with Crippen molar-refractivity contribution < 1.29 is 0 Å². The number of hydrogen-bond donors (Lipinski definition) is 4. The molecule has 0 saturated carbocycles. The quantitative estimate of drug-likeness (QED) is 0.657. The molecule has 3 rings (SSSR count). The zero-order valence-electron chi connectivity index (χ0n) is 14.6. The molecule has 24 heavy (non-hydrogen) atoms. The third-order valence-electron chi connectivity index (χ3n) is 4.25. The van der Waals surface area contributed by atoms with E-state index in [1.165, 1.54) is 5.70 Å². The average Bonchev–Trinajstić information content (AvgIpc) is 3.03. The van der Waals surface area contributed by atoms with Crippen LogP contribution < -0.4 is 16.0 Å². The summed E-state index contributed by atoms with van der Waals surface area (Å²) in [6.45, 7) is 7.34. The normalized spacial score (nSPS) is 20.5. The van der Waals surface area contributed by atoms with Crippen molar-refractivity contribution in [3.63, 3.8) is 0 Å². The minimum absolute atomic E-state index is 0.342. The van der Waals surface area contributed by atoms with Crippen molar-refractivity contribution in [1.82, 2.24) is 20.8 Å². The summed E-state index contributed by atoms with van der Waals surface area (Å²) >= 11 is 0. The third kappa shape index (κ3) is 3.43. The highest BCUT2D eigenvalue weighted by atomic mass is 15.3. The van der Waals surface area contributed by atoms with Gasteiger partial charge in [0.25, 0.3) is 0 Å². The Bertz CT molecular complexity index is 760. The molecule has 1 atom stereocenters. The van der Waals surface area contributed by atoms with Gasteiger partial charge in [0.15, 0.2) is 0 Å². The molecule has 1 unspecified atom stereocenters. The number of likely N-dealkylation sites (N-methyl/N-ethyl adjacent to an activating group) is 1. The fourth-order valence-corrected chi connectivity index (χ4v) is 3.05. The first-order valence-corrected chi connectivity index (χ1v) is 8.72. The van der Waals surface area contributed by atoms with Gasteiger partial charge in [0.2, 0.25) is 5.96 Å². The highest BCUT2D eigenvalue weighted by Gasteiger charge is 2.28. The van der Waals surface area contributed by atoms with Gasteiger partial charge in [-0.2, -0.15) is 5.10 Å². The molecule has 1 aliphatic heterocycles. The van der Waals surface area contributed by atoms with Gasteiger partial charge in [0, 0.05) is 16.8 Å². The van der Waals surface area contributed by atoms with Crippen LogP contribution in [0.5, 0.6) is 0 Å². The number of nitrogens with zero attached hydrogens (tertiary/aromatic N) is 2. The Morgan fingerprint density at radius 2 is 2.08 bits per heavy atom. The van der Waals surface area contributed by atoms with E-state index < -0.39 is 0 Å². The van der Waals surface area contributed by atoms with E-state index in [-0.39, 0.29) is 5.66 Å². The van der Waals surface area contributed by atoms with Gasteiger partial charge in [-0.25, -0.2) is 4.99 Å². The van der Waals surface area contributed by atoms with Gasteiger partial charge in [-0.05, 0) is 43.7 Å². The lowest BCUT2D eigenvalue weighted by molar-refractivity contribution is 0.405. The maximum absolute atomic E-state index is 4.90. The summed E-state index contributed by atoms with van der Waals surface area (Å²) in [4.78, 5) is 4.90. The molecule has 1 aliphatic rings. The molecule has 0 amide bonds. The molecule has 1 aromatic carbocycles. The van der Waals surface area contributed by atoms with Crippen LogP contribution in [0.15, 0.2) is 41.2 Å². The van der Waals surface area contributed by atoms with Crippen LogP contribution in [-0.2, 0) is 0 Å². The smallest absolute Gasteiger partial charge is 0.202 e. The summed E-state index contributed by atoms with van der Waals surface area (Å²) in [6.07, 6.45) is 7.06. The van der Waals surface area contributed by atoms with Gasteiger partial charge in [-0.3, -0.25) is 10.4 Å². The number of H-pyrrole nitrogens is 1. The number of rotatable bonds is 6. The van der Waals surface area contributed by atoms with Gasteiger partial charge in [0.1, 0.15) is 5.66 Å². The first kappa shape index (κ1) is 16.5. The topological polar surface area (TPSA) is 77.1 Å². The van der Waals surface area contributed by atoms with Crippen LogP contribution in [0, 0.1) is 0 Å². The molecule has 1 aromatic heterocycles. The molecular formula is C18H26N6. The number of nitrogens with one attached hydrogen (secondary N) is 4. The van der Waals surface area contributed by atoms with Crippen molar-refractivity contribution >= 4 is 22.5 Å². The molecule has 2 heterocycles. The predicted molar refractivity (Wildman–Crippen MR) is 100.0 cm³/mol. The molecule has 0 spiro atoms. The van der Waals surface area contributed by atoms with Crippen molar-refractivity contribution in [1.29, 1.82) is 0 Å². The third-order valence-corrected chi connectivity index (χ3v) is 4.25. The van der Waals surface area contributed by atoms with E-state index in [1.54, 1.807) is 0 Å². The maximum atomic E-state index is 4.90. The number of aromatic amines is 1. The Kier molecular flexibility index (Phi) is 4.85. The first-order valence-electron chi connectivity index (χ1n) is 8.72. The number of anilines is 1. The molecule has 4 N–H and O–H groups in total. The Balaban J connectivity index is 1.87. The predicted octanol–water partition coefficient (Wildman–Crippen LogP) is 3.33. The standard InChI is InChI=1S/C18H26N6/c1-4-7-15-11-18(5-2,19-6-3)23-17(22-15)21-14-9-8-13-12-20-24-16(13)10-14/h8-12,19H,4-7H2,1-3H3,(H,20,24)(H2,21,22,23). The number of guanidine groups is 1. The van der Waals surface area contributed by atoms with Gasteiger partial charge < -0.3 is 10.6 Å². The van der Waals surface area contributed by atoms with Crippen LogP contribution in [0.4, 0.5) is 5.69 Å². The molecule has 128 valence electrons. The van der Waals surface area contributed by atoms with E-state index >= 15 is 0 Å². The number of aliphatic imine (C=N–C) groups is 1. The van der Waals surface area contributed by atoms with Crippen LogP contribution in [0.3, 0.4) is 0 Å². The van der Waals surface area contributed by atoms with Crippen molar-refractivity contribution in [3.8, 4) is 0 Å². The zero-order chi connectivity index (χ0) is 17.0. The van der Waals surface area contributed by atoms with E-state index in [1.807, 2.05) is 24.4 Å². The zero-order valence-corrected chi connectivity index (χ0v) is 14.6. The van der Waals surface area contributed by atoms with E-state index in [0.717, 1.165) is 48.4 Å². The van der Waals surface area contributed by atoms with Crippen LogP contribution in [0.2, 0.25) is 0 Å².